The zero-order chi connectivity index (χ0) is 52.7. The van der Waals surface area contributed by atoms with Gasteiger partial charge in [-0.2, -0.15) is 38.3 Å². The van der Waals surface area contributed by atoms with Gasteiger partial charge >= 0.3 is 0 Å². The van der Waals surface area contributed by atoms with E-state index in [1.807, 2.05) is 60.7 Å². The molecular weight excluding hydrogens is 989 g/mol. The van der Waals surface area contributed by atoms with Gasteiger partial charge in [-0.05, 0) is 112 Å². The smallest absolute Gasteiger partial charge is 0.295 e. The Balaban J connectivity index is 1.28. The molecule has 2 aromatic heterocycles. The summed E-state index contributed by atoms with van der Waals surface area (Å²) in [5, 5.41) is 46.1. The van der Waals surface area contributed by atoms with Crippen LogP contribution in [0.2, 0.25) is 0 Å². The Hall–Kier alpha value is -6.58. The van der Waals surface area contributed by atoms with E-state index in [2.05, 4.69) is 83.7 Å². The summed E-state index contributed by atoms with van der Waals surface area (Å²) in [6.07, 6.45) is 4.77. The summed E-state index contributed by atoms with van der Waals surface area (Å²) in [6.45, 7) is 15.2. The molecule has 0 saturated heterocycles. The summed E-state index contributed by atoms with van der Waals surface area (Å²) in [7, 11) is -4.80. The van der Waals surface area contributed by atoms with Crippen LogP contribution in [0.15, 0.2) is 107 Å². The lowest BCUT2D eigenvalue weighted by atomic mass is 10.1. The lowest BCUT2D eigenvalue weighted by Gasteiger charge is -2.23. The third-order valence-electron chi connectivity index (χ3n) is 11.6. The maximum Gasteiger partial charge on any atom is 0.295 e. The fourth-order valence-electron chi connectivity index (χ4n) is 7.72. The van der Waals surface area contributed by atoms with Crippen molar-refractivity contribution in [1.82, 2.24) is 39.7 Å². The second-order valence-corrected chi connectivity index (χ2v) is 18.5. The molecule has 396 valence electrons. The van der Waals surface area contributed by atoms with E-state index in [9.17, 15) is 23.2 Å². The molecule has 0 spiro atoms. The monoisotopic (exact) mass is 1050 g/mol. The van der Waals surface area contributed by atoms with Gasteiger partial charge in [-0.25, -0.2) is 5.26 Å². The van der Waals surface area contributed by atoms with Crippen LogP contribution in [0.3, 0.4) is 0 Å². The second kappa shape index (κ2) is 29.3. The van der Waals surface area contributed by atoms with Crippen molar-refractivity contribution < 1.29 is 37.8 Å². The van der Waals surface area contributed by atoms with Crippen LogP contribution < -0.4 is 31.1 Å². The normalized spacial score (nSPS) is 11.6. The molecule has 24 heteroatoms. The molecule has 0 atom stereocenters. The maximum atomic E-state index is 13.0. The molecule has 6 aromatic rings. The first-order valence-electron chi connectivity index (χ1n) is 24.4. The highest BCUT2D eigenvalue weighted by Crippen LogP contribution is 2.33. The highest BCUT2D eigenvalue weighted by molar-refractivity contribution is 7.94. The van der Waals surface area contributed by atoms with E-state index in [1.165, 1.54) is 18.2 Å². The topological polar surface area (TPSA) is 272 Å². The lowest BCUT2D eigenvalue weighted by molar-refractivity contribution is -0.432. The van der Waals surface area contributed by atoms with Gasteiger partial charge in [0, 0.05) is 53.8 Å². The number of benzene rings is 4. The van der Waals surface area contributed by atoms with Crippen LogP contribution in [0.5, 0.6) is 0 Å². The number of nitrogens with zero attached hydrogens (tertiary/aromatic N) is 10. The van der Waals surface area contributed by atoms with E-state index in [0.29, 0.717) is 53.2 Å². The highest BCUT2D eigenvalue weighted by atomic mass is 32.2. The van der Waals surface area contributed by atoms with Gasteiger partial charge in [-0.15, -0.1) is 4.33 Å². The Morgan fingerprint density at radius 1 is 0.581 bits per heavy atom. The van der Waals surface area contributed by atoms with Crippen molar-refractivity contribution in [2.45, 2.75) is 50.3 Å². The summed E-state index contributed by atoms with van der Waals surface area (Å²) in [4.78, 5) is 36.2. The third-order valence-corrected chi connectivity index (χ3v) is 13.2. The largest absolute Gasteiger partial charge is 0.395 e. The standard InChI is InChI=1S/C50H66N14O8S2/c1-5-61(6-2)29-15-27-51-45-55-47(59-49(57-45)63(31-33-65)41-17-11-9-12-18-41)53-39-25-23-37(43(35-39)73-72-71-67)21-22-38-24-26-40(36-44(38)74(68,69)70)54-48-56-46(52-28-16-30-62(7-3)8-4)58-50(60-48)64(32-34-66)42-19-13-10-14-20-42/h9-14,17-26,35-36,65-67H,5-8,15-16,27-34H2,1-4H3,(H,68,69,70)(H2,51,53,55,57,59)(H2,52,54,56,58,60)/b22-21+. The zero-order valence-electron chi connectivity index (χ0n) is 42.0. The van der Waals surface area contributed by atoms with E-state index in [0.717, 1.165) is 63.5 Å². The molecule has 0 bridgehead atoms. The molecule has 0 saturated carbocycles. The van der Waals surface area contributed by atoms with Gasteiger partial charge in [0.25, 0.3) is 10.1 Å². The second-order valence-electron chi connectivity index (χ2n) is 16.4. The Bertz CT molecular complexity index is 2800. The molecule has 0 aliphatic carbocycles. The molecule has 2 heterocycles. The Kier molecular flexibility index (Phi) is 22.5. The van der Waals surface area contributed by atoms with Crippen LogP contribution in [-0.2, 0) is 19.5 Å². The first kappa shape index (κ1) is 56.7. The quantitative estimate of drug-likeness (QED) is 0.00497. The van der Waals surface area contributed by atoms with E-state index in [1.54, 1.807) is 40.1 Å². The molecule has 0 aliphatic rings. The van der Waals surface area contributed by atoms with Crippen LogP contribution in [0.25, 0.3) is 12.2 Å². The summed E-state index contributed by atoms with van der Waals surface area (Å²) in [6, 6.07) is 28.3. The summed E-state index contributed by atoms with van der Waals surface area (Å²) >= 11 is 0.680. The first-order chi connectivity index (χ1) is 36.0. The fourth-order valence-corrected chi connectivity index (χ4v) is 8.94. The number of hydrogen-bond acceptors (Lipinski definition) is 22. The molecule has 0 radical (unpaired) electrons. The molecule has 22 nitrogen and oxygen atoms in total. The lowest BCUT2D eigenvalue weighted by Crippen LogP contribution is -2.26. The van der Waals surface area contributed by atoms with Gasteiger partial charge in [-0.1, -0.05) is 93.4 Å². The first-order valence-corrected chi connectivity index (χ1v) is 26.6. The van der Waals surface area contributed by atoms with Crippen molar-refractivity contribution in [3.05, 3.63) is 108 Å². The summed E-state index contributed by atoms with van der Waals surface area (Å²) in [5.41, 5.74) is 2.90. The van der Waals surface area contributed by atoms with Crippen molar-refractivity contribution in [1.29, 1.82) is 0 Å². The van der Waals surface area contributed by atoms with Crippen molar-refractivity contribution in [2.24, 2.45) is 0 Å². The predicted octanol–water partition coefficient (Wildman–Crippen LogP) is 7.94. The van der Waals surface area contributed by atoms with Gasteiger partial charge in [0.1, 0.15) is 4.90 Å². The van der Waals surface area contributed by atoms with E-state index < -0.39 is 15.0 Å². The third kappa shape index (κ3) is 17.0. The number of aliphatic hydroxyl groups is 2. The van der Waals surface area contributed by atoms with Crippen LogP contribution in [0, 0.1) is 0 Å². The Morgan fingerprint density at radius 2 is 1.03 bits per heavy atom. The van der Waals surface area contributed by atoms with Crippen LogP contribution in [0.1, 0.15) is 51.7 Å². The average molecular weight is 1060 g/mol. The molecule has 0 unspecified atom stereocenters. The van der Waals surface area contributed by atoms with Crippen molar-refractivity contribution >= 4 is 92.8 Å². The average Bonchev–Trinajstić information content (AvgIpc) is 3.41. The highest BCUT2D eigenvalue weighted by Gasteiger charge is 2.20. The minimum Gasteiger partial charge on any atom is -0.395 e. The molecular formula is C50H66N14O8S2. The Labute approximate surface area is 436 Å². The minimum atomic E-state index is -4.80. The number of hydrogen-bond donors (Lipinski definition) is 8. The number of para-hydroxylation sites is 2. The van der Waals surface area contributed by atoms with Gasteiger partial charge in [0.05, 0.1) is 25.3 Å². The molecule has 0 aliphatic heterocycles. The van der Waals surface area contributed by atoms with E-state index in [4.69, 9.17) is 19.6 Å². The summed E-state index contributed by atoms with van der Waals surface area (Å²) < 4.78 is 41.4. The molecule has 0 amide bonds. The van der Waals surface area contributed by atoms with Crippen LogP contribution >= 0.6 is 12.0 Å². The van der Waals surface area contributed by atoms with Gasteiger partial charge < -0.3 is 51.1 Å². The zero-order valence-corrected chi connectivity index (χ0v) is 43.6. The predicted molar refractivity (Wildman–Crippen MR) is 291 cm³/mol. The number of aliphatic hydroxyl groups excluding tert-OH is 2. The van der Waals surface area contributed by atoms with Crippen molar-refractivity contribution in [2.75, 3.05) is 110 Å². The molecule has 74 heavy (non-hydrogen) atoms. The molecule has 4 aromatic carbocycles. The number of nitrogens with one attached hydrogen (secondary N) is 4. The van der Waals surface area contributed by atoms with Gasteiger partial charge in [0.2, 0.25) is 35.7 Å². The van der Waals surface area contributed by atoms with E-state index in [-0.39, 0.29) is 61.3 Å². The number of anilines is 10. The minimum absolute atomic E-state index is 0.0802. The number of rotatable bonds is 32. The van der Waals surface area contributed by atoms with Gasteiger partial charge in [-0.3, -0.25) is 4.55 Å². The van der Waals surface area contributed by atoms with E-state index >= 15 is 0 Å². The van der Waals surface area contributed by atoms with Crippen LogP contribution in [0.4, 0.5) is 58.4 Å². The SMILES string of the molecule is CCN(CC)CCCNc1nc(Nc2ccc(/C=C/c3ccc(Nc4nc(NCCCN(CC)CC)nc(N(CCO)c5ccccc5)n4)cc3S(=O)(=O)O)c(SOOO)c2)nc(N(CCO)c2ccccc2)n1. The Morgan fingerprint density at radius 3 is 1.47 bits per heavy atom. The fraction of sp³-hybridized carbons (Fsp3) is 0.360. The molecule has 0 fully saturated rings. The van der Waals surface area contributed by atoms with Crippen molar-refractivity contribution in [3.8, 4) is 0 Å². The maximum absolute atomic E-state index is 13.0. The van der Waals surface area contributed by atoms with Crippen LogP contribution in [-0.4, -0.2) is 147 Å². The molecule has 8 N–H and O–H groups in total. The van der Waals surface area contributed by atoms with Crippen molar-refractivity contribution in [3.63, 3.8) is 0 Å². The van der Waals surface area contributed by atoms with Gasteiger partial charge in [0.15, 0.2) is 0 Å². The number of aromatic nitrogens is 6. The summed E-state index contributed by atoms with van der Waals surface area (Å²) in [5.74, 6) is 1.38. The molecule has 6 rings (SSSR count).